The van der Waals surface area contributed by atoms with Crippen LogP contribution in [0.15, 0.2) is 48.5 Å². The topological polar surface area (TPSA) is 78.5 Å². The molecule has 2 aromatic rings. The predicted molar refractivity (Wildman–Crippen MR) is 100 cm³/mol. The molecule has 134 valence electrons. The van der Waals surface area contributed by atoms with Crippen LogP contribution in [0.1, 0.15) is 18.9 Å². The Labute approximate surface area is 156 Å². The third-order valence-electron chi connectivity index (χ3n) is 4.13. The molecule has 0 saturated carbocycles. The maximum Gasteiger partial charge on any atom is 0.329 e. The number of rotatable bonds is 5. The molecule has 1 aliphatic rings. The van der Waals surface area contributed by atoms with Gasteiger partial charge in [-0.25, -0.2) is 9.69 Å². The second-order valence-electron chi connectivity index (χ2n) is 6.00. The lowest BCUT2D eigenvalue weighted by atomic mass is 10.1. The molecule has 2 aromatic carbocycles. The first kappa shape index (κ1) is 17.9. The first-order valence-electron chi connectivity index (χ1n) is 8.24. The van der Waals surface area contributed by atoms with Crippen LogP contribution >= 0.6 is 11.6 Å². The van der Waals surface area contributed by atoms with Gasteiger partial charge in [0.15, 0.2) is 0 Å². The molecule has 26 heavy (non-hydrogen) atoms. The third kappa shape index (κ3) is 3.70. The van der Waals surface area contributed by atoms with Crippen LogP contribution in [0.4, 0.5) is 16.2 Å². The third-order valence-corrected chi connectivity index (χ3v) is 4.50. The van der Waals surface area contributed by atoms with Gasteiger partial charge in [-0.15, -0.1) is 0 Å². The van der Waals surface area contributed by atoms with Crippen LogP contribution in [0.3, 0.4) is 0 Å². The highest BCUT2D eigenvalue weighted by Crippen LogP contribution is 2.28. The van der Waals surface area contributed by atoms with E-state index in [0.29, 0.717) is 22.8 Å². The van der Waals surface area contributed by atoms with Crippen molar-refractivity contribution in [2.75, 3.05) is 10.2 Å². The molecule has 1 unspecified atom stereocenters. The number of nitrogens with one attached hydrogen (secondary N) is 2. The van der Waals surface area contributed by atoms with Crippen molar-refractivity contribution >= 4 is 40.8 Å². The smallest absolute Gasteiger partial charge is 0.326 e. The number of hydrogen-bond donors (Lipinski definition) is 2. The van der Waals surface area contributed by atoms with Crippen molar-refractivity contribution in [1.82, 2.24) is 5.32 Å². The second kappa shape index (κ2) is 7.58. The minimum Gasteiger partial charge on any atom is -0.326 e. The van der Waals surface area contributed by atoms with Gasteiger partial charge >= 0.3 is 6.03 Å². The van der Waals surface area contributed by atoms with Gasteiger partial charge in [0.1, 0.15) is 6.04 Å². The van der Waals surface area contributed by atoms with E-state index in [1.807, 2.05) is 18.2 Å². The maximum absolute atomic E-state index is 12.3. The van der Waals surface area contributed by atoms with Crippen molar-refractivity contribution < 1.29 is 14.4 Å². The average Bonchev–Trinajstić information content (AvgIpc) is 2.87. The Morgan fingerprint density at radius 3 is 2.54 bits per heavy atom. The number of para-hydroxylation sites is 2. The highest BCUT2D eigenvalue weighted by atomic mass is 35.5. The zero-order chi connectivity index (χ0) is 18.7. The van der Waals surface area contributed by atoms with Crippen LogP contribution in [0.25, 0.3) is 0 Å². The zero-order valence-corrected chi connectivity index (χ0v) is 14.9. The maximum atomic E-state index is 12.3. The van der Waals surface area contributed by atoms with Crippen molar-refractivity contribution in [2.24, 2.45) is 0 Å². The Morgan fingerprint density at radius 1 is 1.15 bits per heavy atom. The number of carbonyl (C=O) groups excluding carboxylic acids is 3. The summed E-state index contributed by atoms with van der Waals surface area (Å²) in [5.74, 6) is -0.578. The number of aryl methyl sites for hydroxylation is 1. The second-order valence-corrected chi connectivity index (χ2v) is 6.41. The summed E-state index contributed by atoms with van der Waals surface area (Å²) < 4.78 is 0. The molecule has 0 bridgehead atoms. The number of halogens is 1. The molecular weight excluding hydrogens is 354 g/mol. The first-order valence-corrected chi connectivity index (χ1v) is 8.62. The van der Waals surface area contributed by atoms with Crippen LogP contribution in [0.2, 0.25) is 5.02 Å². The fourth-order valence-electron chi connectivity index (χ4n) is 2.77. The lowest BCUT2D eigenvalue weighted by Gasteiger charge is -2.17. The average molecular weight is 372 g/mol. The molecule has 0 radical (unpaired) electrons. The number of carbonyl (C=O) groups is 3. The van der Waals surface area contributed by atoms with Crippen LogP contribution in [0.5, 0.6) is 0 Å². The molecular formula is C19H18ClN3O3. The Kier molecular flexibility index (Phi) is 5.23. The van der Waals surface area contributed by atoms with Crippen LogP contribution in [-0.2, 0) is 16.0 Å². The van der Waals surface area contributed by atoms with Crippen LogP contribution in [-0.4, -0.2) is 23.9 Å². The van der Waals surface area contributed by atoms with E-state index in [-0.39, 0.29) is 18.2 Å². The van der Waals surface area contributed by atoms with E-state index in [4.69, 9.17) is 11.6 Å². The van der Waals surface area contributed by atoms with Crippen LogP contribution < -0.4 is 15.5 Å². The van der Waals surface area contributed by atoms with Crippen molar-refractivity contribution in [1.29, 1.82) is 0 Å². The monoisotopic (exact) mass is 371 g/mol. The lowest BCUT2D eigenvalue weighted by molar-refractivity contribution is -0.118. The fourth-order valence-corrected chi connectivity index (χ4v) is 3.00. The predicted octanol–water partition coefficient (Wildman–Crippen LogP) is 3.36. The van der Waals surface area contributed by atoms with Gasteiger partial charge in [-0.2, -0.15) is 0 Å². The number of amides is 4. The van der Waals surface area contributed by atoms with Gasteiger partial charge in [-0.1, -0.05) is 41.9 Å². The minimum atomic E-state index is -0.591. The van der Waals surface area contributed by atoms with Gasteiger partial charge in [0.25, 0.3) is 5.91 Å². The van der Waals surface area contributed by atoms with Crippen molar-refractivity contribution in [2.45, 2.75) is 25.8 Å². The van der Waals surface area contributed by atoms with Gasteiger partial charge in [0.05, 0.1) is 11.4 Å². The minimum absolute atomic E-state index is 0.225. The van der Waals surface area contributed by atoms with E-state index in [2.05, 4.69) is 10.6 Å². The largest absolute Gasteiger partial charge is 0.329 e. The Bertz CT molecular complexity index is 869. The van der Waals surface area contributed by atoms with Gasteiger partial charge in [0, 0.05) is 11.4 Å². The molecule has 7 heteroatoms. The van der Waals surface area contributed by atoms with E-state index >= 15 is 0 Å². The van der Waals surface area contributed by atoms with Crippen molar-refractivity contribution in [3.8, 4) is 0 Å². The summed E-state index contributed by atoms with van der Waals surface area (Å²) in [6.45, 7) is 1.62. The lowest BCUT2D eigenvalue weighted by Crippen LogP contribution is -2.32. The molecule has 2 N–H and O–H groups in total. The molecule has 0 aliphatic carbocycles. The van der Waals surface area contributed by atoms with Gasteiger partial charge < -0.3 is 10.6 Å². The standard InChI is InChI=1S/C19H18ClN3O3/c1-12-18(25)23(19(26)21-12)16-9-5-4-8-15(16)22-17(24)11-10-13-6-2-3-7-14(13)20/h2-9,12H,10-11H2,1H3,(H,21,26)(H,22,24). The molecule has 1 aliphatic heterocycles. The molecule has 0 aromatic heterocycles. The van der Waals surface area contributed by atoms with Gasteiger partial charge in [-0.05, 0) is 37.1 Å². The molecule has 1 saturated heterocycles. The number of anilines is 2. The molecule has 4 amide bonds. The van der Waals surface area contributed by atoms with E-state index < -0.39 is 12.1 Å². The molecule has 1 fully saturated rings. The number of benzene rings is 2. The van der Waals surface area contributed by atoms with E-state index in [1.54, 1.807) is 37.3 Å². The summed E-state index contributed by atoms with van der Waals surface area (Å²) >= 11 is 6.10. The van der Waals surface area contributed by atoms with E-state index in [0.717, 1.165) is 10.5 Å². The summed E-state index contributed by atoms with van der Waals surface area (Å²) in [4.78, 5) is 37.6. The van der Waals surface area contributed by atoms with Gasteiger partial charge in [0.2, 0.25) is 5.91 Å². The molecule has 6 nitrogen and oxygen atoms in total. The summed E-state index contributed by atoms with van der Waals surface area (Å²) in [6, 6.07) is 13.0. The molecule has 1 heterocycles. The summed E-state index contributed by atoms with van der Waals surface area (Å²) in [5, 5.41) is 5.96. The number of urea groups is 1. The zero-order valence-electron chi connectivity index (χ0n) is 14.2. The molecule has 0 spiro atoms. The van der Waals surface area contributed by atoms with Gasteiger partial charge in [-0.3, -0.25) is 9.59 Å². The number of nitrogens with zero attached hydrogens (tertiary/aromatic N) is 1. The summed E-state index contributed by atoms with van der Waals surface area (Å²) in [7, 11) is 0. The highest BCUT2D eigenvalue weighted by molar-refractivity contribution is 6.31. The Morgan fingerprint density at radius 2 is 1.85 bits per heavy atom. The summed E-state index contributed by atoms with van der Waals surface area (Å²) in [5.41, 5.74) is 1.65. The fraction of sp³-hybridized carbons (Fsp3) is 0.211. The Balaban J connectivity index is 1.72. The van der Waals surface area contributed by atoms with E-state index in [1.165, 1.54) is 0 Å². The van der Waals surface area contributed by atoms with Crippen molar-refractivity contribution in [3.05, 3.63) is 59.1 Å². The normalized spacial score (nSPS) is 16.5. The highest BCUT2D eigenvalue weighted by Gasteiger charge is 2.37. The van der Waals surface area contributed by atoms with Crippen molar-refractivity contribution in [3.63, 3.8) is 0 Å². The van der Waals surface area contributed by atoms with E-state index in [9.17, 15) is 14.4 Å². The molecule has 1 atom stereocenters. The quantitative estimate of drug-likeness (QED) is 0.791. The van der Waals surface area contributed by atoms with Crippen LogP contribution in [0, 0.1) is 0 Å². The molecule has 3 rings (SSSR count). The SMILES string of the molecule is CC1NC(=O)N(c2ccccc2NC(=O)CCc2ccccc2Cl)C1=O. The Hall–Kier alpha value is -2.86. The number of hydrogen-bond acceptors (Lipinski definition) is 3. The first-order chi connectivity index (χ1) is 12.5. The number of imide groups is 1. The summed E-state index contributed by atoms with van der Waals surface area (Å²) in [6.07, 6.45) is 0.725.